The predicted molar refractivity (Wildman–Crippen MR) is 67.6 cm³/mol. The van der Waals surface area contributed by atoms with Gasteiger partial charge in [0.05, 0.1) is 11.1 Å². The second-order valence-electron chi connectivity index (χ2n) is 4.23. The molecule has 1 aliphatic heterocycles. The highest BCUT2D eigenvalue weighted by Crippen LogP contribution is 2.36. The van der Waals surface area contributed by atoms with Crippen LogP contribution in [0.15, 0.2) is 18.2 Å². The first-order valence-corrected chi connectivity index (χ1v) is 5.85. The number of hydrogen-bond acceptors (Lipinski definition) is 5. The summed E-state index contributed by atoms with van der Waals surface area (Å²) in [5.74, 6) is 0.133. The molecule has 0 fully saturated rings. The highest BCUT2D eigenvalue weighted by atomic mass is 16.7. The van der Waals surface area contributed by atoms with E-state index >= 15 is 0 Å². The molecule has 6 nitrogen and oxygen atoms in total. The Morgan fingerprint density at radius 1 is 1.32 bits per heavy atom. The average Bonchev–Trinajstić information content (AvgIpc) is 2.82. The number of carbonyl (C=O) groups is 1. The van der Waals surface area contributed by atoms with Gasteiger partial charge in [-0.3, -0.25) is 4.98 Å². The van der Waals surface area contributed by atoms with Gasteiger partial charge in [-0.1, -0.05) is 0 Å². The molecule has 1 aromatic carbocycles. The van der Waals surface area contributed by atoms with Crippen molar-refractivity contribution in [1.82, 2.24) is 4.98 Å². The van der Waals surface area contributed by atoms with Gasteiger partial charge in [-0.25, -0.2) is 4.79 Å². The van der Waals surface area contributed by atoms with Gasteiger partial charge in [0.1, 0.15) is 0 Å². The number of rotatable bonds is 3. The first-order chi connectivity index (χ1) is 9.19. The monoisotopic (exact) mass is 260 g/mol. The number of hydrogen-bond donors (Lipinski definition) is 2. The second kappa shape index (κ2) is 4.40. The summed E-state index contributed by atoms with van der Waals surface area (Å²) >= 11 is 0. The molecule has 0 amide bonds. The highest BCUT2D eigenvalue weighted by Gasteiger charge is 2.19. The van der Waals surface area contributed by atoms with E-state index < -0.39 is 5.97 Å². The molecule has 2 aromatic rings. The molecule has 0 saturated heterocycles. The van der Waals surface area contributed by atoms with Crippen LogP contribution in [0, 0.1) is 0 Å². The fourth-order valence-electron chi connectivity index (χ4n) is 2.12. The Morgan fingerprint density at radius 2 is 2.05 bits per heavy atom. The summed E-state index contributed by atoms with van der Waals surface area (Å²) in [7, 11) is 0. The van der Waals surface area contributed by atoms with Crippen molar-refractivity contribution in [2.45, 2.75) is 6.42 Å². The summed E-state index contributed by atoms with van der Waals surface area (Å²) in [5.41, 5.74) is 6.92. The lowest BCUT2D eigenvalue weighted by Gasteiger charge is -2.07. The summed E-state index contributed by atoms with van der Waals surface area (Å²) in [6, 6.07) is 4.91. The van der Waals surface area contributed by atoms with E-state index in [4.69, 9.17) is 15.2 Å². The average molecular weight is 260 g/mol. The fraction of sp³-hybridized carbons (Fsp3) is 0.231. The molecular formula is C13H12N2O4. The van der Waals surface area contributed by atoms with Gasteiger partial charge in [0, 0.05) is 23.6 Å². The summed E-state index contributed by atoms with van der Waals surface area (Å²) in [6.07, 6.45) is 0.532. The van der Waals surface area contributed by atoms with Crippen LogP contribution >= 0.6 is 0 Å². The summed E-state index contributed by atoms with van der Waals surface area (Å²) in [4.78, 5) is 15.7. The molecule has 0 aliphatic carbocycles. The number of nitrogens with two attached hydrogens (primary N) is 1. The van der Waals surface area contributed by atoms with Crippen molar-refractivity contribution in [2.24, 2.45) is 5.73 Å². The lowest BCUT2D eigenvalue weighted by molar-refractivity contribution is 0.0699. The Labute approximate surface area is 108 Å². The third kappa shape index (κ3) is 1.96. The Balaban J connectivity index is 2.27. The molecule has 0 radical (unpaired) electrons. The van der Waals surface area contributed by atoms with E-state index in [1.165, 1.54) is 0 Å². The van der Waals surface area contributed by atoms with Gasteiger partial charge in [-0.2, -0.15) is 0 Å². The highest BCUT2D eigenvalue weighted by molar-refractivity contribution is 6.03. The van der Waals surface area contributed by atoms with Gasteiger partial charge in [-0.15, -0.1) is 0 Å². The maximum absolute atomic E-state index is 11.3. The van der Waals surface area contributed by atoms with Crippen LogP contribution < -0.4 is 15.2 Å². The molecule has 3 rings (SSSR count). The molecule has 0 bridgehead atoms. The van der Waals surface area contributed by atoms with Crippen LogP contribution in [0.2, 0.25) is 0 Å². The van der Waals surface area contributed by atoms with Crippen molar-refractivity contribution >= 4 is 16.9 Å². The fourth-order valence-corrected chi connectivity index (χ4v) is 2.12. The summed E-state index contributed by atoms with van der Waals surface area (Å²) in [5, 5.41) is 9.83. The molecule has 0 saturated carbocycles. The SMILES string of the molecule is NCCc1cc(C(=O)O)c2cc3c(cc2n1)OCO3. The number of benzene rings is 1. The minimum Gasteiger partial charge on any atom is -0.478 e. The molecule has 0 unspecified atom stereocenters. The number of aromatic nitrogens is 1. The zero-order chi connectivity index (χ0) is 13.4. The van der Waals surface area contributed by atoms with Crippen LogP contribution in [0.5, 0.6) is 11.5 Å². The van der Waals surface area contributed by atoms with Gasteiger partial charge >= 0.3 is 5.97 Å². The van der Waals surface area contributed by atoms with Gasteiger partial charge in [0.25, 0.3) is 0 Å². The Hall–Kier alpha value is -2.34. The van der Waals surface area contributed by atoms with Crippen LogP contribution in [0.1, 0.15) is 16.1 Å². The third-order valence-corrected chi connectivity index (χ3v) is 2.99. The Morgan fingerprint density at radius 3 is 2.74 bits per heavy atom. The van der Waals surface area contributed by atoms with Crippen LogP contribution in [0.25, 0.3) is 10.9 Å². The minimum atomic E-state index is -0.996. The van der Waals surface area contributed by atoms with E-state index in [0.717, 1.165) is 0 Å². The van der Waals surface area contributed by atoms with Crippen LogP contribution in [-0.4, -0.2) is 29.4 Å². The van der Waals surface area contributed by atoms with E-state index in [2.05, 4.69) is 4.98 Å². The molecule has 0 spiro atoms. The standard InChI is InChI=1S/C13H12N2O4/c14-2-1-7-3-9(13(16)17)8-4-11-12(19-6-18-11)5-10(8)15-7/h3-5H,1-2,6,14H2,(H,16,17). The topological polar surface area (TPSA) is 94.7 Å². The lowest BCUT2D eigenvalue weighted by Crippen LogP contribution is -2.07. The normalized spacial score (nSPS) is 12.9. The van der Waals surface area contributed by atoms with Gasteiger partial charge < -0.3 is 20.3 Å². The van der Waals surface area contributed by atoms with Crippen LogP contribution in [-0.2, 0) is 6.42 Å². The van der Waals surface area contributed by atoms with Crippen molar-refractivity contribution in [3.8, 4) is 11.5 Å². The van der Waals surface area contributed by atoms with E-state index in [1.807, 2.05) is 0 Å². The minimum absolute atomic E-state index is 0.143. The van der Waals surface area contributed by atoms with E-state index in [1.54, 1.807) is 18.2 Å². The van der Waals surface area contributed by atoms with Crippen molar-refractivity contribution in [3.63, 3.8) is 0 Å². The second-order valence-corrected chi connectivity index (χ2v) is 4.23. The molecule has 1 aromatic heterocycles. The number of aromatic carboxylic acids is 1. The molecule has 2 heterocycles. The number of pyridine rings is 1. The van der Waals surface area contributed by atoms with Gasteiger partial charge in [0.2, 0.25) is 6.79 Å². The van der Waals surface area contributed by atoms with Crippen molar-refractivity contribution in [1.29, 1.82) is 0 Å². The molecule has 98 valence electrons. The van der Waals surface area contributed by atoms with E-state index in [0.29, 0.717) is 41.1 Å². The Kier molecular flexibility index (Phi) is 2.72. The van der Waals surface area contributed by atoms with E-state index in [9.17, 15) is 9.90 Å². The molecule has 3 N–H and O–H groups in total. The van der Waals surface area contributed by atoms with Crippen molar-refractivity contribution in [2.75, 3.05) is 13.3 Å². The quantitative estimate of drug-likeness (QED) is 0.860. The smallest absolute Gasteiger partial charge is 0.336 e. The van der Waals surface area contributed by atoms with Crippen LogP contribution in [0.3, 0.4) is 0 Å². The molecule has 0 atom stereocenters. The number of carboxylic acid groups (broad SMARTS) is 1. The first kappa shape index (κ1) is 11.7. The molecular weight excluding hydrogens is 248 g/mol. The number of nitrogens with zero attached hydrogens (tertiary/aromatic N) is 1. The zero-order valence-corrected chi connectivity index (χ0v) is 10.0. The maximum atomic E-state index is 11.3. The van der Waals surface area contributed by atoms with Crippen molar-refractivity contribution in [3.05, 3.63) is 29.5 Å². The van der Waals surface area contributed by atoms with E-state index in [-0.39, 0.29) is 12.4 Å². The summed E-state index contributed by atoms with van der Waals surface area (Å²) in [6.45, 7) is 0.561. The zero-order valence-electron chi connectivity index (χ0n) is 10.0. The first-order valence-electron chi connectivity index (χ1n) is 5.85. The van der Waals surface area contributed by atoms with Crippen molar-refractivity contribution < 1.29 is 19.4 Å². The molecule has 1 aliphatic rings. The number of ether oxygens (including phenoxy) is 2. The Bertz CT molecular complexity index is 669. The molecule has 6 heteroatoms. The predicted octanol–water partition coefficient (Wildman–Crippen LogP) is 1.16. The largest absolute Gasteiger partial charge is 0.478 e. The van der Waals surface area contributed by atoms with Crippen LogP contribution in [0.4, 0.5) is 0 Å². The van der Waals surface area contributed by atoms with Gasteiger partial charge in [0.15, 0.2) is 11.5 Å². The molecule has 19 heavy (non-hydrogen) atoms. The van der Waals surface area contributed by atoms with Gasteiger partial charge in [-0.05, 0) is 18.7 Å². The number of fused-ring (bicyclic) bond motifs is 2. The summed E-state index contributed by atoms with van der Waals surface area (Å²) < 4.78 is 10.5. The third-order valence-electron chi connectivity index (χ3n) is 2.99. The lowest BCUT2D eigenvalue weighted by atomic mass is 10.1. The number of carboxylic acids is 1. The maximum Gasteiger partial charge on any atom is 0.336 e.